The third-order valence-electron chi connectivity index (χ3n) is 3.89. The average molecular weight is 195 g/mol. The molecule has 0 unspecified atom stereocenters. The first-order valence-electron chi connectivity index (χ1n) is 6.23. The minimum absolute atomic E-state index is 0.442. The largest absolute Gasteiger partial charge is 0.0625 e. The van der Waals surface area contributed by atoms with Crippen LogP contribution in [0.4, 0.5) is 0 Å². The van der Waals surface area contributed by atoms with Crippen LogP contribution in [0.15, 0.2) is 0 Å². The summed E-state index contributed by atoms with van der Waals surface area (Å²) in [7, 11) is 0. The van der Waals surface area contributed by atoms with Gasteiger partial charge in [0.1, 0.15) is 0 Å². The normalized spacial score (nSPS) is 22.7. The Bertz CT molecular complexity index is 165. The van der Waals surface area contributed by atoms with Gasteiger partial charge in [0.25, 0.3) is 0 Å². The smallest absolute Gasteiger partial charge is 0.0215 e. The fraction of sp³-hybridized carbons (Fsp3) is 0.929. The summed E-state index contributed by atoms with van der Waals surface area (Å²) in [6, 6.07) is 0. The second-order valence-corrected chi connectivity index (χ2v) is 6.38. The van der Waals surface area contributed by atoms with E-state index in [1.807, 2.05) is 0 Å². The molecule has 83 valence electrons. The van der Waals surface area contributed by atoms with Crippen molar-refractivity contribution in [3.63, 3.8) is 0 Å². The van der Waals surface area contributed by atoms with Crippen LogP contribution in [0.1, 0.15) is 66.7 Å². The van der Waals surface area contributed by atoms with Gasteiger partial charge in [0.2, 0.25) is 0 Å². The molecule has 0 aromatic heterocycles. The number of hydrogen-bond donors (Lipinski definition) is 0. The van der Waals surface area contributed by atoms with Crippen molar-refractivity contribution in [2.24, 2.45) is 16.7 Å². The molecule has 0 N–H and O–H groups in total. The minimum Gasteiger partial charge on any atom is -0.0625 e. The van der Waals surface area contributed by atoms with Gasteiger partial charge in [0.05, 0.1) is 0 Å². The van der Waals surface area contributed by atoms with E-state index < -0.39 is 0 Å². The zero-order valence-corrected chi connectivity index (χ0v) is 10.7. The Hall–Kier alpha value is 0. The summed E-state index contributed by atoms with van der Waals surface area (Å²) in [6.07, 6.45) is 9.76. The van der Waals surface area contributed by atoms with Crippen molar-refractivity contribution in [1.29, 1.82) is 0 Å². The minimum atomic E-state index is 0.442. The van der Waals surface area contributed by atoms with Gasteiger partial charge in [-0.25, -0.2) is 0 Å². The summed E-state index contributed by atoms with van der Waals surface area (Å²) in [6.45, 7) is 11.9. The molecular formula is C14H27. The molecule has 0 spiro atoms. The van der Waals surface area contributed by atoms with Crippen LogP contribution in [0.3, 0.4) is 0 Å². The zero-order chi connectivity index (χ0) is 10.8. The number of rotatable bonds is 2. The van der Waals surface area contributed by atoms with Gasteiger partial charge in [-0.05, 0) is 36.0 Å². The summed E-state index contributed by atoms with van der Waals surface area (Å²) in [4.78, 5) is 0. The fourth-order valence-electron chi connectivity index (χ4n) is 2.99. The fourth-order valence-corrected chi connectivity index (χ4v) is 2.99. The molecule has 0 saturated heterocycles. The first kappa shape index (κ1) is 12.1. The highest BCUT2D eigenvalue weighted by atomic mass is 14.5. The Kier molecular flexibility index (Phi) is 3.66. The van der Waals surface area contributed by atoms with Crippen molar-refractivity contribution in [3.8, 4) is 0 Å². The lowest BCUT2D eigenvalue weighted by Gasteiger charge is -2.48. The molecule has 0 amide bonds. The molecule has 0 nitrogen and oxygen atoms in total. The van der Waals surface area contributed by atoms with Gasteiger partial charge in [0, 0.05) is 0 Å². The van der Waals surface area contributed by atoms with Crippen molar-refractivity contribution >= 4 is 0 Å². The summed E-state index contributed by atoms with van der Waals surface area (Å²) >= 11 is 0. The SMILES string of the molecule is CC(C)[CH]C1(C(C)(C)C)CCCCC1. The van der Waals surface area contributed by atoms with E-state index in [1.54, 1.807) is 0 Å². The van der Waals surface area contributed by atoms with Crippen molar-refractivity contribution < 1.29 is 0 Å². The van der Waals surface area contributed by atoms with E-state index in [-0.39, 0.29) is 0 Å². The Morgan fingerprint density at radius 2 is 1.50 bits per heavy atom. The van der Waals surface area contributed by atoms with Gasteiger partial charge < -0.3 is 0 Å². The van der Waals surface area contributed by atoms with E-state index in [0.717, 1.165) is 5.92 Å². The van der Waals surface area contributed by atoms with E-state index in [0.29, 0.717) is 10.8 Å². The molecule has 0 aromatic carbocycles. The summed E-state index contributed by atoms with van der Waals surface area (Å²) < 4.78 is 0. The highest BCUT2D eigenvalue weighted by Crippen LogP contribution is 2.52. The van der Waals surface area contributed by atoms with Gasteiger partial charge in [-0.3, -0.25) is 0 Å². The van der Waals surface area contributed by atoms with Gasteiger partial charge in [-0.1, -0.05) is 53.9 Å². The van der Waals surface area contributed by atoms with Gasteiger partial charge in [-0.2, -0.15) is 0 Å². The molecule has 1 aliphatic rings. The Labute approximate surface area is 90.5 Å². The lowest BCUT2D eigenvalue weighted by atomic mass is 9.56. The second-order valence-electron chi connectivity index (χ2n) is 6.38. The van der Waals surface area contributed by atoms with Crippen LogP contribution < -0.4 is 0 Å². The van der Waals surface area contributed by atoms with E-state index >= 15 is 0 Å². The van der Waals surface area contributed by atoms with Crippen LogP contribution in [0.5, 0.6) is 0 Å². The van der Waals surface area contributed by atoms with E-state index in [1.165, 1.54) is 32.1 Å². The number of hydrogen-bond acceptors (Lipinski definition) is 0. The molecule has 0 aliphatic heterocycles. The predicted molar refractivity (Wildman–Crippen MR) is 64.1 cm³/mol. The van der Waals surface area contributed by atoms with E-state index in [4.69, 9.17) is 0 Å². The molecule has 1 fully saturated rings. The molecule has 0 bridgehead atoms. The van der Waals surface area contributed by atoms with Crippen LogP contribution >= 0.6 is 0 Å². The third kappa shape index (κ3) is 2.52. The third-order valence-corrected chi connectivity index (χ3v) is 3.89. The van der Waals surface area contributed by atoms with Crippen molar-refractivity contribution in [3.05, 3.63) is 6.42 Å². The van der Waals surface area contributed by atoms with Crippen LogP contribution in [-0.4, -0.2) is 0 Å². The maximum Gasteiger partial charge on any atom is -0.0215 e. The molecule has 1 saturated carbocycles. The molecule has 14 heavy (non-hydrogen) atoms. The highest BCUT2D eigenvalue weighted by molar-refractivity contribution is 5.02. The first-order chi connectivity index (χ1) is 6.37. The molecule has 0 atom stereocenters. The lowest BCUT2D eigenvalue weighted by molar-refractivity contribution is 0.0649. The van der Waals surface area contributed by atoms with Crippen molar-refractivity contribution in [2.75, 3.05) is 0 Å². The average Bonchev–Trinajstić information content (AvgIpc) is 2.02. The van der Waals surface area contributed by atoms with Crippen LogP contribution in [0.2, 0.25) is 0 Å². The van der Waals surface area contributed by atoms with Crippen LogP contribution in [0, 0.1) is 23.2 Å². The molecule has 0 heteroatoms. The van der Waals surface area contributed by atoms with Gasteiger partial charge in [-0.15, -0.1) is 0 Å². The van der Waals surface area contributed by atoms with Gasteiger partial charge >= 0.3 is 0 Å². The lowest BCUT2D eigenvalue weighted by Crippen LogP contribution is -2.39. The predicted octanol–water partition coefficient (Wildman–Crippen LogP) is 4.84. The second kappa shape index (κ2) is 4.24. The van der Waals surface area contributed by atoms with E-state index in [2.05, 4.69) is 41.0 Å². The zero-order valence-electron chi connectivity index (χ0n) is 10.7. The van der Waals surface area contributed by atoms with Crippen LogP contribution in [-0.2, 0) is 0 Å². The Balaban J connectivity index is 2.77. The molecule has 0 aromatic rings. The van der Waals surface area contributed by atoms with E-state index in [9.17, 15) is 0 Å². The first-order valence-corrected chi connectivity index (χ1v) is 6.23. The van der Waals surface area contributed by atoms with Crippen molar-refractivity contribution in [1.82, 2.24) is 0 Å². The Morgan fingerprint density at radius 1 is 1.00 bits per heavy atom. The molecule has 1 radical (unpaired) electrons. The highest BCUT2D eigenvalue weighted by Gasteiger charge is 2.42. The molecule has 1 rings (SSSR count). The summed E-state index contributed by atoms with van der Waals surface area (Å²) in [5.74, 6) is 0.729. The monoisotopic (exact) mass is 195 g/mol. The van der Waals surface area contributed by atoms with Gasteiger partial charge in [0.15, 0.2) is 0 Å². The Morgan fingerprint density at radius 3 is 1.86 bits per heavy atom. The summed E-state index contributed by atoms with van der Waals surface area (Å²) in [5, 5.41) is 0. The maximum atomic E-state index is 2.63. The van der Waals surface area contributed by atoms with Crippen molar-refractivity contribution in [2.45, 2.75) is 66.7 Å². The summed E-state index contributed by atoms with van der Waals surface area (Å²) in [5.41, 5.74) is 0.955. The molecule has 0 heterocycles. The maximum absolute atomic E-state index is 2.63. The topological polar surface area (TPSA) is 0 Å². The molecule has 1 aliphatic carbocycles. The van der Waals surface area contributed by atoms with Crippen LogP contribution in [0.25, 0.3) is 0 Å². The standard InChI is InChI=1S/C14H27/c1-12(2)11-14(13(3,4)5)9-7-6-8-10-14/h11-12H,6-10H2,1-5H3. The molecular weight excluding hydrogens is 168 g/mol. The quantitative estimate of drug-likeness (QED) is 0.591.